The molecule has 0 aliphatic carbocycles. The molecule has 0 aliphatic rings. The number of aromatic nitrogens is 3. The molecule has 2 aromatic rings. The molecule has 24 heavy (non-hydrogen) atoms. The maximum atomic E-state index is 12.4. The first-order valence-corrected chi connectivity index (χ1v) is 8.11. The van der Waals surface area contributed by atoms with E-state index in [1.165, 1.54) is 6.07 Å². The molecule has 2 aromatic heterocycles. The van der Waals surface area contributed by atoms with E-state index in [1.54, 1.807) is 6.92 Å². The van der Waals surface area contributed by atoms with Gasteiger partial charge in [0.05, 0.1) is 12.6 Å². The van der Waals surface area contributed by atoms with E-state index in [9.17, 15) is 19.5 Å². The van der Waals surface area contributed by atoms with Crippen molar-refractivity contribution in [3.05, 3.63) is 38.0 Å². The summed E-state index contributed by atoms with van der Waals surface area (Å²) >= 11 is 0. The average Bonchev–Trinajstić information content (AvgIpc) is 2.92. The second kappa shape index (κ2) is 7.48. The molecule has 0 saturated carbocycles. The van der Waals surface area contributed by atoms with Crippen molar-refractivity contribution in [2.45, 2.75) is 46.1 Å². The number of nitrogens with zero attached hydrogens (tertiary/aromatic N) is 1. The van der Waals surface area contributed by atoms with Crippen LogP contribution in [0.4, 0.5) is 0 Å². The predicted molar refractivity (Wildman–Crippen MR) is 90.2 cm³/mol. The van der Waals surface area contributed by atoms with Crippen LogP contribution in [0.15, 0.2) is 15.7 Å². The van der Waals surface area contributed by atoms with Gasteiger partial charge in [-0.25, -0.2) is 4.52 Å². The maximum Gasteiger partial charge on any atom is 0.276 e. The molecule has 2 heterocycles. The zero-order valence-corrected chi connectivity index (χ0v) is 14.2. The minimum absolute atomic E-state index is 0.114. The monoisotopic (exact) mass is 336 g/mol. The highest BCUT2D eigenvalue weighted by Crippen LogP contribution is 2.08. The minimum Gasteiger partial charge on any atom is -0.394 e. The Hall–Kier alpha value is -2.35. The zero-order chi connectivity index (χ0) is 17.9. The van der Waals surface area contributed by atoms with Gasteiger partial charge in [-0.15, -0.1) is 0 Å². The van der Waals surface area contributed by atoms with Crippen LogP contribution in [-0.2, 0) is 11.2 Å². The Bertz CT molecular complexity index is 833. The third-order valence-electron chi connectivity index (χ3n) is 4.44. The molecule has 0 spiro atoms. The Balaban J connectivity index is 2.11. The van der Waals surface area contributed by atoms with Crippen LogP contribution in [0.5, 0.6) is 0 Å². The number of aliphatic hydroxyl groups is 1. The lowest BCUT2D eigenvalue weighted by Crippen LogP contribution is -2.42. The van der Waals surface area contributed by atoms with Crippen molar-refractivity contribution in [3.8, 4) is 0 Å². The molecule has 1 amide bonds. The average molecular weight is 336 g/mol. The predicted octanol–water partition coefficient (Wildman–Crippen LogP) is 0.0801. The lowest BCUT2D eigenvalue weighted by Gasteiger charge is -2.22. The fourth-order valence-electron chi connectivity index (χ4n) is 2.67. The Morgan fingerprint density at radius 3 is 2.75 bits per heavy atom. The smallest absolute Gasteiger partial charge is 0.276 e. The fraction of sp³-hybridized carbons (Fsp3) is 0.562. The van der Waals surface area contributed by atoms with Crippen molar-refractivity contribution in [2.24, 2.45) is 5.92 Å². The van der Waals surface area contributed by atoms with Crippen molar-refractivity contribution >= 4 is 11.6 Å². The van der Waals surface area contributed by atoms with Crippen molar-refractivity contribution in [2.75, 3.05) is 6.61 Å². The SMILES string of the molecule is CC[C@H](C)[C@H](CO)NC(=O)CCc1c(C)[nH]c2cc(=O)[nH]n2c1=O. The quantitative estimate of drug-likeness (QED) is 0.572. The molecule has 0 aliphatic heterocycles. The largest absolute Gasteiger partial charge is 0.394 e. The van der Waals surface area contributed by atoms with E-state index in [4.69, 9.17) is 0 Å². The molecule has 0 bridgehead atoms. The second-order valence-corrected chi connectivity index (χ2v) is 6.12. The molecular weight excluding hydrogens is 312 g/mol. The molecule has 0 fully saturated rings. The Morgan fingerprint density at radius 2 is 2.12 bits per heavy atom. The lowest BCUT2D eigenvalue weighted by atomic mass is 9.99. The third-order valence-corrected chi connectivity index (χ3v) is 4.44. The summed E-state index contributed by atoms with van der Waals surface area (Å²) in [4.78, 5) is 38.8. The molecule has 132 valence electrons. The highest BCUT2D eigenvalue weighted by atomic mass is 16.3. The van der Waals surface area contributed by atoms with Crippen molar-refractivity contribution in [3.63, 3.8) is 0 Å². The van der Waals surface area contributed by atoms with Crippen molar-refractivity contribution < 1.29 is 9.90 Å². The van der Waals surface area contributed by atoms with Crippen LogP contribution < -0.4 is 16.4 Å². The molecule has 0 saturated heterocycles. The highest BCUT2D eigenvalue weighted by molar-refractivity contribution is 5.76. The number of rotatable bonds is 7. The van der Waals surface area contributed by atoms with Crippen LogP contribution in [0.2, 0.25) is 0 Å². The number of carbonyl (C=O) groups excluding carboxylic acids is 1. The van der Waals surface area contributed by atoms with Crippen LogP contribution in [0, 0.1) is 12.8 Å². The number of amides is 1. The number of hydrogen-bond acceptors (Lipinski definition) is 4. The summed E-state index contributed by atoms with van der Waals surface area (Å²) in [5.74, 6) is -0.0420. The first-order valence-electron chi connectivity index (χ1n) is 8.11. The summed E-state index contributed by atoms with van der Waals surface area (Å²) in [5, 5.41) is 14.6. The van der Waals surface area contributed by atoms with Crippen LogP contribution in [0.1, 0.15) is 37.9 Å². The fourth-order valence-corrected chi connectivity index (χ4v) is 2.67. The number of aliphatic hydroxyl groups excluding tert-OH is 1. The van der Waals surface area contributed by atoms with Gasteiger partial charge in [0.2, 0.25) is 5.91 Å². The van der Waals surface area contributed by atoms with Gasteiger partial charge in [0.15, 0.2) is 0 Å². The molecule has 0 radical (unpaired) electrons. The third kappa shape index (κ3) is 3.76. The normalized spacial score (nSPS) is 13.8. The number of aryl methyl sites for hydroxylation is 1. The number of fused-ring (bicyclic) bond motifs is 1. The van der Waals surface area contributed by atoms with Gasteiger partial charge in [-0.3, -0.25) is 19.5 Å². The number of carbonyl (C=O) groups is 1. The van der Waals surface area contributed by atoms with Gasteiger partial charge >= 0.3 is 0 Å². The summed E-state index contributed by atoms with van der Waals surface area (Å²) in [6.45, 7) is 5.58. The minimum atomic E-state index is -0.364. The molecule has 0 unspecified atom stereocenters. The van der Waals surface area contributed by atoms with Crippen LogP contribution >= 0.6 is 0 Å². The van der Waals surface area contributed by atoms with Gasteiger partial charge in [-0.05, 0) is 19.3 Å². The first-order chi connectivity index (χ1) is 11.4. The van der Waals surface area contributed by atoms with Gasteiger partial charge in [-0.1, -0.05) is 20.3 Å². The topological polar surface area (TPSA) is 119 Å². The molecular formula is C16H24N4O4. The maximum absolute atomic E-state index is 12.4. The summed E-state index contributed by atoms with van der Waals surface area (Å²) in [7, 11) is 0. The van der Waals surface area contributed by atoms with E-state index < -0.39 is 0 Å². The van der Waals surface area contributed by atoms with E-state index in [2.05, 4.69) is 15.4 Å². The Kier molecular flexibility index (Phi) is 5.61. The molecule has 2 atom stereocenters. The van der Waals surface area contributed by atoms with E-state index in [0.717, 1.165) is 10.9 Å². The standard InChI is InChI=1S/C16H24N4O4/c1-4-9(2)12(8-21)18-14(22)6-5-11-10(3)17-13-7-15(23)19-20(13)16(11)24/h7,9,12,17,21H,4-6,8H2,1-3H3,(H,18,22)(H,19,23)/t9-,12-/m0/s1. The van der Waals surface area contributed by atoms with E-state index in [-0.39, 0.29) is 48.4 Å². The van der Waals surface area contributed by atoms with Crippen LogP contribution in [0.25, 0.3) is 5.65 Å². The number of nitrogens with one attached hydrogen (secondary N) is 3. The van der Waals surface area contributed by atoms with E-state index >= 15 is 0 Å². The Labute approximate surface area is 138 Å². The van der Waals surface area contributed by atoms with Gasteiger partial charge < -0.3 is 15.4 Å². The molecule has 8 nitrogen and oxygen atoms in total. The van der Waals surface area contributed by atoms with Crippen molar-refractivity contribution in [1.82, 2.24) is 19.9 Å². The summed E-state index contributed by atoms with van der Waals surface area (Å²) < 4.78 is 1.15. The second-order valence-electron chi connectivity index (χ2n) is 6.12. The van der Waals surface area contributed by atoms with Gasteiger partial charge in [0.1, 0.15) is 5.65 Å². The van der Waals surface area contributed by atoms with E-state index in [0.29, 0.717) is 16.9 Å². The number of hydrogen-bond donors (Lipinski definition) is 4. The lowest BCUT2D eigenvalue weighted by molar-refractivity contribution is -0.122. The number of aromatic amines is 2. The molecule has 8 heteroatoms. The van der Waals surface area contributed by atoms with Crippen LogP contribution in [0.3, 0.4) is 0 Å². The number of H-pyrrole nitrogens is 2. The summed E-state index contributed by atoms with van der Waals surface area (Å²) in [6, 6.07) is 1.02. The van der Waals surface area contributed by atoms with Gasteiger partial charge in [0.25, 0.3) is 11.1 Å². The molecule has 0 aromatic carbocycles. The van der Waals surface area contributed by atoms with Gasteiger partial charge in [-0.2, -0.15) is 0 Å². The van der Waals surface area contributed by atoms with E-state index in [1.807, 2.05) is 13.8 Å². The summed E-state index contributed by atoms with van der Waals surface area (Å²) in [6.07, 6.45) is 1.23. The van der Waals surface area contributed by atoms with Crippen LogP contribution in [-0.4, -0.2) is 38.3 Å². The zero-order valence-electron chi connectivity index (χ0n) is 14.2. The summed E-state index contributed by atoms with van der Waals surface area (Å²) in [5.41, 5.74) is 0.780. The first kappa shape index (κ1) is 18.0. The molecule has 4 N–H and O–H groups in total. The van der Waals surface area contributed by atoms with Crippen molar-refractivity contribution in [1.29, 1.82) is 0 Å². The Morgan fingerprint density at radius 1 is 1.42 bits per heavy atom. The molecule has 2 rings (SSSR count). The highest BCUT2D eigenvalue weighted by Gasteiger charge is 2.18. The van der Waals surface area contributed by atoms with Gasteiger partial charge in [0, 0.05) is 23.7 Å².